The van der Waals surface area contributed by atoms with Crippen molar-refractivity contribution in [2.24, 2.45) is 0 Å². The van der Waals surface area contributed by atoms with E-state index in [4.69, 9.17) is 0 Å². The molecular formula is C17H21F2N3O3. The van der Waals surface area contributed by atoms with E-state index in [1.807, 2.05) is 13.8 Å². The predicted octanol–water partition coefficient (Wildman–Crippen LogP) is 2.78. The highest BCUT2D eigenvalue weighted by Gasteiger charge is 2.34. The van der Waals surface area contributed by atoms with Gasteiger partial charge in [0.1, 0.15) is 5.75 Å². The topological polar surface area (TPSA) is 70.7 Å². The molecule has 6 nitrogen and oxygen atoms in total. The van der Waals surface area contributed by atoms with Crippen LogP contribution in [0.1, 0.15) is 32.4 Å². The lowest BCUT2D eigenvalue weighted by Crippen LogP contribution is -2.47. The Labute approximate surface area is 144 Å². The van der Waals surface area contributed by atoms with Crippen molar-refractivity contribution in [3.63, 3.8) is 0 Å². The molecule has 1 aromatic carbocycles. The SMILES string of the molecule is CCN(CC)C(=O)C1=C(C)NC(=O)N[C@H]1c1ccccc1OC(F)F. The Balaban J connectivity index is 2.52. The Hall–Kier alpha value is -2.64. The zero-order chi connectivity index (χ0) is 18.6. The number of nitrogens with one attached hydrogen (secondary N) is 2. The Kier molecular flexibility index (Phi) is 5.95. The van der Waals surface area contributed by atoms with Crippen LogP contribution in [0.4, 0.5) is 13.6 Å². The van der Waals surface area contributed by atoms with Crippen LogP contribution >= 0.6 is 0 Å². The van der Waals surface area contributed by atoms with Gasteiger partial charge in [0.15, 0.2) is 0 Å². The van der Waals surface area contributed by atoms with Gasteiger partial charge in [-0.2, -0.15) is 8.78 Å². The normalized spacial score (nSPS) is 17.2. The molecule has 136 valence electrons. The molecule has 0 bridgehead atoms. The van der Waals surface area contributed by atoms with Crippen LogP contribution in [0.25, 0.3) is 0 Å². The number of benzene rings is 1. The number of alkyl halides is 2. The van der Waals surface area contributed by atoms with Crippen LogP contribution in [0.2, 0.25) is 0 Å². The third-order valence-electron chi connectivity index (χ3n) is 4.00. The van der Waals surface area contributed by atoms with Crippen molar-refractivity contribution < 1.29 is 23.1 Å². The second-order valence-corrected chi connectivity index (χ2v) is 5.46. The van der Waals surface area contributed by atoms with Crippen LogP contribution in [-0.2, 0) is 4.79 Å². The van der Waals surface area contributed by atoms with Crippen LogP contribution in [0, 0.1) is 0 Å². The monoisotopic (exact) mass is 353 g/mol. The molecular weight excluding hydrogens is 332 g/mol. The number of ether oxygens (including phenoxy) is 1. The highest BCUT2D eigenvalue weighted by Crippen LogP contribution is 2.34. The van der Waals surface area contributed by atoms with Crippen LogP contribution in [0.15, 0.2) is 35.5 Å². The van der Waals surface area contributed by atoms with Crippen LogP contribution in [-0.4, -0.2) is 36.5 Å². The zero-order valence-electron chi connectivity index (χ0n) is 14.3. The minimum Gasteiger partial charge on any atom is -0.434 e. The molecule has 0 unspecified atom stereocenters. The molecule has 1 aliphatic rings. The predicted molar refractivity (Wildman–Crippen MR) is 88.1 cm³/mol. The number of hydrogen-bond acceptors (Lipinski definition) is 3. The summed E-state index contributed by atoms with van der Waals surface area (Å²) >= 11 is 0. The summed E-state index contributed by atoms with van der Waals surface area (Å²) in [5.74, 6) is -0.353. The van der Waals surface area contributed by atoms with Crippen molar-refractivity contribution in [2.75, 3.05) is 13.1 Å². The van der Waals surface area contributed by atoms with Crippen molar-refractivity contribution >= 4 is 11.9 Å². The van der Waals surface area contributed by atoms with Crippen molar-refractivity contribution in [3.8, 4) is 5.75 Å². The minimum atomic E-state index is -3.01. The summed E-state index contributed by atoms with van der Waals surface area (Å²) in [5, 5.41) is 5.20. The maximum absolute atomic E-state index is 12.9. The van der Waals surface area contributed by atoms with Gasteiger partial charge in [0.25, 0.3) is 5.91 Å². The largest absolute Gasteiger partial charge is 0.434 e. The van der Waals surface area contributed by atoms with E-state index in [9.17, 15) is 18.4 Å². The fraction of sp³-hybridized carbons (Fsp3) is 0.412. The number of hydrogen-bond donors (Lipinski definition) is 2. The summed E-state index contributed by atoms with van der Waals surface area (Å²) in [4.78, 5) is 26.4. The first kappa shape index (κ1) is 18.7. The van der Waals surface area contributed by atoms with Crippen molar-refractivity contribution in [1.29, 1.82) is 0 Å². The van der Waals surface area contributed by atoms with Crippen LogP contribution < -0.4 is 15.4 Å². The number of urea groups is 1. The second-order valence-electron chi connectivity index (χ2n) is 5.46. The fourth-order valence-electron chi connectivity index (χ4n) is 2.81. The molecule has 0 aliphatic carbocycles. The number of para-hydroxylation sites is 1. The maximum atomic E-state index is 12.9. The molecule has 0 spiro atoms. The molecule has 0 fully saturated rings. The fourth-order valence-corrected chi connectivity index (χ4v) is 2.81. The van der Waals surface area contributed by atoms with Gasteiger partial charge in [-0.3, -0.25) is 4.79 Å². The molecule has 0 saturated carbocycles. The third-order valence-corrected chi connectivity index (χ3v) is 4.00. The number of amides is 3. The lowest BCUT2D eigenvalue weighted by atomic mass is 9.93. The molecule has 2 N–H and O–H groups in total. The molecule has 0 aromatic heterocycles. The lowest BCUT2D eigenvalue weighted by Gasteiger charge is -2.32. The van der Waals surface area contributed by atoms with Crippen LogP contribution in [0.3, 0.4) is 0 Å². The molecule has 8 heteroatoms. The minimum absolute atomic E-state index is 0.0812. The maximum Gasteiger partial charge on any atom is 0.387 e. The molecule has 0 saturated heterocycles. The average molecular weight is 353 g/mol. The van der Waals surface area contributed by atoms with Gasteiger partial charge in [-0.05, 0) is 26.8 Å². The number of nitrogens with zero attached hydrogens (tertiary/aromatic N) is 1. The van der Waals surface area contributed by atoms with Gasteiger partial charge in [0.05, 0.1) is 11.6 Å². The van der Waals surface area contributed by atoms with Gasteiger partial charge in [-0.25, -0.2) is 4.79 Å². The summed E-state index contributed by atoms with van der Waals surface area (Å²) < 4.78 is 30.0. The Bertz CT molecular complexity index is 687. The number of rotatable bonds is 6. The van der Waals surface area contributed by atoms with Crippen molar-refractivity contribution in [3.05, 3.63) is 41.1 Å². The quantitative estimate of drug-likeness (QED) is 0.826. The first-order valence-corrected chi connectivity index (χ1v) is 8.00. The molecule has 1 heterocycles. The molecule has 1 atom stereocenters. The Morgan fingerprint density at radius 3 is 2.52 bits per heavy atom. The number of halogens is 2. The molecule has 0 radical (unpaired) electrons. The third kappa shape index (κ3) is 4.07. The average Bonchev–Trinajstić information content (AvgIpc) is 2.55. The summed E-state index contributed by atoms with van der Waals surface area (Å²) in [6.07, 6.45) is 0. The van der Waals surface area contributed by atoms with E-state index >= 15 is 0 Å². The summed E-state index contributed by atoms with van der Waals surface area (Å²) in [5.41, 5.74) is 0.985. The summed E-state index contributed by atoms with van der Waals surface area (Å²) in [6.45, 7) is 3.26. The number of carbonyl (C=O) groups excluding carboxylic acids is 2. The Morgan fingerprint density at radius 1 is 1.28 bits per heavy atom. The van der Waals surface area contributed by atoms with Gasteiger partial charge in [-0.1, -0.05) is 18.2 Å². The van der Waals surface area contributed by atoms with Crippen molar-refractivity contribution in [1.82, 2.24) is 15.5 Å². The van der Waals surface area contributed by atoms with E-state index in [1.54, 1.807) is 30.0 Å². The lowest BCUT2D eigenvalue weighted by molar-refractivity contribution is -0.127. The molecule has 3 amide bonds. The number of allylic oxidation sites excluding steroid dienone is 1. The molecule has 1 aliphatic heterocycles. The molecule has 1 aromatic rings. The van der Waals surface area contributed by atoms with E-state index in [0.717, 1.165) is 0 Å². The van der Waals surface area contributed by atoms with E-state index < -0.39 is 18.7 Å². The van der Waals surface area contributed by atoms with Gasteiger partial charge in [0, 0.05) is 24.4 Å². The number of carbonyl (C=O) groups is 2. The standard InChI is InChI=1S/C17H21F2N3O3/c1-4-22(5-2)15(23)13-10(3)20-17(24)21-14(13)11-8-6-7-9-12(11)25-16(18)19/h6-9,14,16H,4-5H2,1-3H3,(H2,20,21,24)/t14-/m0/s1. The first-order chi connectivity index (χ1) is 11.9. The molecule has 25 heavy (non-hydrogen) atoms. The summed E-state index contributed by atoms with van der Waals surface area (Å²) in [6, 6.07) is 4.73. The van der Waals surface area contributed by atoms with Gasteiger partial charge < -0.3 is 20.3 Å². The Morgan fingerprint density at radius 2 is 1.92 bits per heavy atom. The second kappa shape index (κ2) is 7.96. The smallest absolute Gasteiger partial charge is 0.387 e. The van der Waals surface area contributed by atoms with E-state index in [0.29, 0.717) is 29.9 Å². The van der Waals surface area contributed by atoms with E-state index in [-0.39, 0.29) is 11.7 Å². The van der Waals surface area contributed by atoms with Gasteiger partial charge >= 0.3 is 12.6 Å². The van der Waals surface area contributed by atoms with Gasteiger partial charge in [-0.15, -0.1) is 0 Å². The molecule has 2 rings (SSSR count). The number of likely N-dealkylation sites (N-methyl/N-ethyl adjacent to an activating group) is 1. The zero-order valence-corrected chi connectivity index (χ0v) is 14.3. The van der Waals surface area contributed by atoms with E-state index in [1.165, 1.54) is 6.07 Å². The van der Waals surface area contributed by atoms with Crippen molar-refractivity contribution in [2.45, 2.75) is 33.4 Å². The van der Waals surface area contributed by atoms with Gasteiger partial charge in [0.2, 0.25) is 0 Å². The highest BCUT2D eigenvalue weighted by molar-refractivity contribution is 5.98. The first-order valence-electron chi connectivity index (χ1n) is 8.00. The summed E-state index contributed by atoms with van der Waals surface area (Å²) in [7, 11) is 0. The van der Waals surface area contributed by atoms with E-state index in [2.05, 4.69) is 15.4 Å². The highest BCUT2D eigenvalue weighted by atomic mass is 19.3. The van der Waals surface area contributed by atoms with Crippen LogP contribution in [0.5, 0.6) is 5.75 Å².